The minimum Gasteiger partial charge on any atom is -0.465 e. The molecular formula is C27H35N9O5S. The third-order valence-electron chi connectivity index (χ3n) is 6.29. The number of ether oxygens (including phenoxy) is 2. The van der Waals surface area contributed by atoms with Crippen LogP contribution in [0, 0.1) is 6.92 Å². The van der Waals surface area contributed by atoms with Crippen molar-refractivity contribution in [2.45, 2.75) is 27.3 Å². The van der Waals surface area contributed by atoms with Crippen LogP contribution in [0.5, 0.6) is 0 Å². The molecule has 0 aliphatic carbocycles. The number of hydrogen-bond acceptors (Lipinski definition) is 13. The third-order valence-corrected chi connectivity index (χ3v) is 7.34. The Morgan fingerprint density at radius 2 is 1.83 bits per heavy atom. The van der Waals surface area contributed by atoms with Crippen LogP contribution in [0.4, 0.5) is 27.5 Å². The molecule has 224 valence electrons. The number of nitrogens with zero attached hydrogens (tertiary/aromatic N) is 7. The molecule has 1 aliphatic heterocycles. The van der Waals surface area contributed by atoms with Crippen molar-refractivity contribution in [1.29, 1.82) is 0 Å². The quantitative estimate of drug-likeness (QED) is 0.312. The van der Waals surface area contributed by atoms with Gasteiger partial charge < -0.3 is 29.5 Å². The van der Waals surface area contributed by atoms with Crippen molar-refractivity contribution in [3.05, 3.63) is 46.7 Å². The van der Waals surface area contributed by atoms with Crippen LogP contribution in [-0.4, -0.2) is 95.8 Å². The Balaban J connectivity index is 1.51. The van der Waals surface area contributed by atoms with Gasteiger partial charge in [0.1, 0.15) is 23.1 Å². The van der Waals surface area contributed by atoms with Crippen LogP contribution in [0.25, 0.3) is 0 Å². The molecule has 0 bridgehead atoms. The summed E-state index contributed by atoms with van der Waals surface area (Å²) in [5, 5.41) is 6.23. The normalized spacial score (nSPS) is 13.0. The molecule has 3 aromatic heterocycles. The first-order valence-corrected chi connectivity index (χ1v) is 14.4. The highest BCUT2D eigenvalue weighted by Crippen LogP contribution is 2.28. The van der Waals surface area contributed by atoms with Gasteiger partial charge in [0.05, 0.1) is 18.9 Å². The number of esters is 2. The van der Waals surface area contributed by atoms with E-state index < -0.39 is 11.9 Å². The van der Waals surface area contributed by atoms with Crippen molar-refractivity contribution in [1.82, 2.24) is 30.2 Å². The number of piperazine rings is 1. The molecule has 15 heteroatoms. The Morgan fingerprint density at radius 1 is 1.07 bits per heavy atom. The number of carbonyl (C=O) groups is 3. The predicted octanol–water partition coefficient (Wildman–Crippen LogP) is 2.59. The van der Waals surface area contributed by atoms with E-state index in [1.807, 2.05) is 30.1 Å². The van der Waals surface area contributed by atoms with Gasteiger partial charge in [0.25, 0.3) is 0 Å². The lowest BCUT2D eigenvalue weighted by Crippen LogP contribution is -2.52. The average Bonchev–Trinajstić information content (AvgIpc) is 3.36. The predicted molar refractivity (Wildman–Crippen MR) is 158 cm³/mol. The number of rotatable bonds is 11. The second kappa shape index (κ2) is 14.4. The van der Waals surface area contributed by atoms with Crippen molar-refractivity contribution in [3.8, 4) is 0 Å². The van der Waals surface area contributed by atoms with Crippen molar-refractivity contribution in [3.63, 3.8) is 0 Å². The molecular weight excluding hydrogens is 562 g/mol. The van der Waals surface area contributed by atoms with E-state index >= 15 is 0 Å². The van der Waals surface area contributed by atoms with Crippen molar-refractivity contribution < 1.29 is 23.9 Å². The standard InChI is InChI=1S/C27H35N9O5S/c1-5-40-22(37)16-29-27(39)36-12-10-35(11-13-36)21-14-20(34(4)17-19-8-7-9-28-15-19)31-25(32-21)33-26-30-18(3)23(42-26)24(38)41-6-2/h7-9,14-15H,5-6,10-13,16-17H2,1-4H3,(H,29,39)(H,30,31,32,33). The van der Waals surface area contributed by atoms with E-state index in [1.165, 1.54) is 11.3 Å². The summed E-state index contributed by atoms with van der Waals surface area (Å²) >= 11 is 1.18. The smallest absolute Gasteiger partial charge is 0.350 e. The SMILES string of the molecule is CCOC(=O)CNC(=O)N1CCN(c2cc(N(C)Cc3cccnc3)nc(Nc3nc(C)c(C(=O)OCC)s3)n2)CC1. The van der Waals surface area contributed by atoms with Gasteiger partial charge in [0, 0.05) is 58.2 Å². The van der Waals surface area contributed by atoms with Gasteiger partial charge in [-0.15, -0.1) is 0 Å². The van der Waals surface area contributed by atoms with Gasteiger partial charge in [-0.2, -0.15) is 9.97 Å². The van der Waals surface area contributed by atoms with Crippen LogP contribution in [0.1, 0.15) is 34.8 Å². The van der Waals surface area contributed by atoms with E-state index in [1.54, 1.807) is 38.1 Å². The van der Waals surface area contributed by atoms with Crippen LogP contribution in [0.2, 0.25) is 0 Å². The van der Waals surface area contributed by atoms with E-state index in [0.29, 0.717) is 66.0 Å². The summed E-state index contributed by atoms with van der Waals surface area (Å²) in [5.41, 5.74) is 1.58. The van der Waals surface area contributed by atoms with Crippen LogP contribution < -0.4 is 20.4 Å². The molecule has 0 unspecified atom stereocenters. The van der Waals surface area contributed by atoms with Gasteiger partial charge in [0.15, 0.2) is 5.13 Å². The molecule has 42 heavy (non-hydrogen) atoms. The van der Waals surface area contributed by atoms with E-state index in [-0.39, 0.29) is 25.8 Å². The summed E-state index contributed by atoms with van der Waals surface area (Å²) in [6.07, 6.45) is 3.53. The van der Waals surface area contributed by atoms with E-state index in [4.69, 9.17) is 19.4 Å². The van der Waals surface area contributed by atoms with Gasteiger partial charge in [-0.1, -0.05) is 17.4 Å². The first-order chi connectivity index (χ1) is 20.3. The molecule has 0 spiro atoms. The summed E-state index contributed by atoms with van der Waals surface area (Å²) in [6.45, 7) is 8.09. The molecule has 1 aliphatic rings. The Kier molecular flexibility index (Phi) is 10.4. The molecule has 0 radical (unpaired) electrons. The maximum absolute atomic E-state index is 12.5. The highest BCUT2D eigenvalue weighted by atomic mass is 32.1. The number of thiazole rings is 1. The van der Waals surface area contributed by atoms with Gasteiger partial charge in [0.2, 0.25) is 5.95 Å². The fourth-order valence-corrected chi connectivity index (χ4v) is 5.08. The Bertz CT molecular complexity index is 1380. The van der Waals surface area contributed by atoms with Crippen LogP contribution in [0.3, 0.4) is 0 Å². The lowest BCUT2D eigenvalue weighted by atomic mass is 10.2. The Hall–Kier alpha value is -4.53. The molecule has 0 aromatic carbocycles. The second-order valence-corrected chi connectivity index (χ2v) is 10.3. The number of hydrogen-bond donors (Lipinski definition) is 2. The molecule has 1 fully saturated rings. The molecule has 3 aromatic rings. The minimum absolute atomic E-state index is 0.172. The first kappa shape index (κ1) is 30.4. The molecule has 14 nitrogen and oxygen atoms in total. The monoisotopic (exact) mass is 597 g/mol. The molecule has 0 saturated carbocycles. The zero-order chi connectivity index (χ0) is 30.1. The number of aryl methyl sites for hydroxylation is 1. The van der Waals surface area contributed by atoms with E-state index in [9.17, 15) is 14.4 Å². The molecule has 1 saturated heterocycles. The second-order valence-electron chi connectivity index (χ2n) is 9.34. The fourth-order valence-electron chi connectivity index (χ4n) is 4.22. The Labute approximate surface area is 248 Å². The fraction of sp³-hybridized carbons (Fsp3) is 0.444. The van der Waals surface area contributed by atoms with E-state index in [0.717, 1.165) is 5.56 Å². The number of aromatic nitrogens is 4. The number of anilines is 4. The average molecular weight is 598 g/mol. The molecule has 2 amide bonds. The highest BCUT2D eigenvalue weighted by molar-refractivity contribution is 7.17. The summed E-state index contributed by atoms with van der Waals surface area (Å²) in [7, 11) is 1.93. The zero-order valence-electron chi connectivity index (χ0n) is 24.1. The Morgan fingerprint density at radius 3 is 2.52 bits per heavy atom. The minimum atomic E-state index is -0.474. The maximum Gasteiger partial charge on any atom is 0.350 e. The van der Waals surface area contributed by atoms with Crippen molar-refractivity contribution >= 4 is 52.0 Å². The lowest BCUT2D eigenvalue weighted by Gasteiger charge is -2.35. The maximum atomic E-state index is 12.5. The molecule has 4 rings (SSSR count). The number of nitrogens with one attached hydrogen (secondary N) is 2. The zero-order valence-corrected chi connectivity index (χ0v) is 24.9. The molecule has 4 heterocycles. The van der Waals surface area contributed by atoms with Crippen molar-refractivity contribution in [2.75, 3.05) is 68.1 Å². The van der Waals surface area contributed by atoms with Crippen LogP contribution in [0.15, 0.2) is 30.6 Å². The summed E-state index contributed by atoms with van der Waals surface area (Å²) in [5.74, 6) is 0.764. The molecule has 2 N–H and O–H groups in total. The van der Waals surface area contributed by atoms with Crippen molar-refractivity contribution in [2.24, 2.45) is 0 Å². The van der Waals surface area contributed by atoms with Gasteiger partial charge >= 0.3 is 18.0 Å². The van der Waals surface area contributed by atoms with Gasteiger partial charge in [-0.05, 0) is 32.4 Å². The first-order valence-electron chi connectivity index (χ1n) is 13.6. The van der Waals surface area contributed by atoms with E-state index in [2.05, 4.69) is 25.5 Å². The van der Waals surface area contributed by atoms with Crippen LogP contribution >= 0.6 is 11.3 Å². The highest BCUT2D eigenvalue weighted by Gasteiger charge is 2.24. The summed E-state index contributed by atoms with van der Waals surface area (Å²) < 4.78 is 10.0. The topological polar surface area (TPSA) is 155 Å². The number of urea groups is 1. The van der Waals surface area contributed by atoms with Crippen LogP contribution in [-0.2, 0) is 20.8 Å². The largest absolute Gasteiger partial charge is 0.465 e. The molecule has 0 atom stereocenters. The number of amides is 2. The van der Waals surface area contributed by atoms with Gasteiger partial charge in [-0.3, -0.25) is 15.1 Å². The third kappa shape index (κ3) is 8.02. The lowest BCUT2D eigenvalue weighted by molar-refractivity contribution is -0.141. The van der Waals surface area contributed by atoms with Gasteiger partial charge in [-0.25, -0.2) is 14.6 Å². The number of pyridine rings is 1. The summed E-state index contributed by atoms with van der Waals surface area (Å²) in [4.78, 5) is 60.7. The summed E-state index contributed by atoms with van der Waals surface area (Å²) in [6, 6.07) is 5.46. The number of carbonyl (C=O) groups excluding carboxylic acids is 3.